The van der Waals surface area contributed by atoms with Crippen LogP contribution in [0.3, 0.4) is 0 Å². The highest BCUT2D eigenvalue weighted by atomic mass is 79.9. The van der Waals surface area contributed by atoms with Crippen molar-refractivity contribution in [2.75, 3.05) is 19.7 Å². The fourth-order valence-electron chi connectivity index (χ4n) is 2.57. The molecular weight excluding hydrogens is 292 g/mol. The molecule has 0 spiro atoms. The minimum atomic E-state index is 0.198. The van der Waals surface area contributed by atoms with Crippen LogP contribution in [0, 0.1) is 0 Å². The van der Waals surface area contributed by atoms with E-state index in [1.807, 2.05) is 0 Å². The van der Waals surface area contributed by atoms with Gasteiger partial charge in [-0.1, -0.05) is 34.5 Å². The normalized spacial score (nSPS) is 17.8. The monoisotopic (exact) mass is 312 g/mol. The second-order valence-electron chi connectivity index (χ2n) is 4.85. The molecule has 100 valence electrons. The summed E-state index contributed by atoms with van der Waals surface area (Å²) in [6, 6.07) is 9.14. The summed E-state index contributed by atoms with van der Waals surface area (Å²) in [6.45, 7) is 1.50. The van der Waals surface area contributed by atoms with Gasteiger partial charge in [0.2, 0.25) is 0 Å². The van der Waals surface area contributed by atoms with Crippen molar-refractivity contribution in [1.82, 2.24) is 4.90 Å². The summed E-state index contributed by atoms with van der Waals surface area (Å²) in [6.07, 6.45) is 3.75. The molecule has 0 bridgehead atoms. The van der Waals surface area contributed by atoms with Crippen molar-refractivity contribution in [3.05, 3.63) is 34.3 Å². The molecule has 1 saturated carbocycles. The second-order valence-corrected chi connectivity index (χ2v) is 5.76. The van der Waals surface area contributed by atoms with E-state index in [2.05, 4.69) is 45.1 Å². The summed E-state index contributed by atoms with van der Waals surface area (Å²) >= 11 is 3.45. The minimum Gasteiger partial charge on any atom is -0.395 e. The van der Waals surface area contributed by atoms with Crippen LogP contribution < -0.4 is 5.73 Å². The fourth-order valence-corrected chi connectivity index (χ4v) is 2.84. The Balaban J connectivity index is 2.15. The predicted octanol–water partition coefficient (Wildman–Crippen LogP) is 2.30. The van der Waals surface area contributed by atoms with Gasteiger partial charge < -0.3 is 10.8 Å². The van der Waals surface area contributed by atoms with Gasteiger partial charge in [0.15, 0.2) is 0 Å². The smallest absolute Gasteiger partial charge is 0.0558 e. The quantitative estimate of drug-likeness (QED) is 0.847. The lowest BCUT2D eigenvalue weighted by Gasteiger charge is -2.42. The first kappa shape index (κ1) is 14.0. The van der Waals surface area contributed by atoms with Gasteiger partial charge in [-0.15, -0.1) is 0 Å². The predicted molar refractivity (Wildman–Crippen MR) is 77.4 cm³/mol. The molecule has 18 heavy (non-hydrogen) atoms. The summed E-state index contributed by atoms with van der Waals surface area (Å²) < 4.78 is 1.08. The number of aliphatic hydroxyl groups excluding tert-OH is 1. The molecule has 1 aliphatic carbocycles. The van der Waals surface area contributed by atoms with Crippen LogP contribution in [0.2, 0.25) is 0 Å². The average Bonchev–Trinajstić information content (AvgIpc) is 2.30. The lowest BCUT2D eigenvalue weighted by atomic mass is 9.89. The summed E-state index contributed by atoms with van der Waals surface area (Å²) in [4.78, 5) is 2.37. The molecule has 0 saturated heterocycles. The summed E-state index contributed by atoms with van der Waals surface area (Å²) in [5.41, 5.74) is 7.19. The number of hydrogen-bond donors (Lipinski definition) is 2. The van der Waals surface area contributed by atoms with Crippen LogP contribution in [-0.4, -0.2) is 35.7 Å². The van der Waals surface area contributed by atoms with E-state index in [1.54, 1.807) is 0 Å². The van der Waals surface area contributed by atoms with Gasteiger partial charge in [0.25, 0.3) is 0 Å². The molecule has 1 aromatic rings. The van der Waals surface area contributed by atoms with Crippen LogP contribution in [0.25, 0.3) is 0 Å². The molecule has 0 heterocycles. The maximum Gasteiger partial charge on any atom is 0.0558 e. The molecule has 0 aromatic heterocycles. The zero-order valence-corrected chi connectivity index (χ0v) is 12.1. The van der Waals surface area contributed by atoms with E-state index in [0.29, 0.717) is 19.1 Å². The third-order valence-electron chi connectivity index (χ3n) is 3.78. The Morgan fingerprint density at radius 2 is 2.00 bits per heavy atom. The standard InChI is InChI=1S/C14H21BrN2O/c15-12-6-4-11(5-7-12)14(10-16)17(8-9-18)13-2-1-3-13/h4-7,13-14,18H,1-3,8-10,16H2. The van der Waals surface area contributed by atoms with E-state index in [9.17, 15) is 5.11 Å². The maximum absolute atomic E-state index is 9.25. The summed E-state index contributed by atoms with van der Waals surface area (Å²) in [5, 5.41) is 9.25. The molecule has 1 fully saturated rings. The molecular formula is C14H21BrN2O. The van der Waals surface area contributed by atoms with Gasteiger partial charge in [-0.05, 0) is 30.5 Å². The van der Waals surface area contributed by atoms with Gasteiger partial charge in [-0.3, -0.25) is 4.90 Å². The molecule has 1 aliphatic rings. The first-order valence-electron chi connectivity index (χ1n) is 6.58. The van der Waals surface area contributed by atoms with Crippen LogP contribution in [-0.2, 0) is 0 Å². The van der Waals surface area contributed by atoms with Crippen molar-refractivity contribution in [3.63, 3.8) is 0 Å². The van der Waals surface area contributed by atoms with Crippen molar-refractivity contribution in [2.45, 2.75) is 31.3 Å². The lowest BCUT2D eigenvalue weighted by molar-refractivity contribution is 0.0623. The van der Waals surface area contributed by atoms with Crippen LogP contribution >= 0.6 is 15.9 Å². The Kier molecular flexibility index (Phi) is 5.18. The molecule has 4 heteroatoms. The van der Waals surface area contributed by atoms with Crippen LogP contribution in [0.1, 0.15) is 30.9 Å². The largest absolute Gasteiger partial charge is 0.395 e. The molecule has 0 aliphatic heterocycles. The third-order valence-corrected chi connectivity index (χ3v) is 4.31. The Hall–Kier alpha value is -0.420. The Morgan fingerprint density at radius 3 is 2.44 bits per heavy atom. The van der Waals surface area contributed by atoms with E-state index in [-0.39, 0.29) is 12.6 Å². The molecule has 0 amide bonds. The first-order valence-corrected chi connectivity index (χ1v) is 7.37. The molecule has 1 aromatic carbocycles. The topological polar surface area (TPSA) is 49.5 Å². The molecule has 1 unspecified atom stereocenters. The summed E-state index contributed by atoms with van der Waals surface area (Å²) in [7, 11) is 0. The number of halogens is 1. The highest BCUT2D eigenvalue weighted by Crippen LogP contribution is 2.32. The van der Waals surface area contributed by atoms with Crippen molar-refractivity contribution >= 4 is 15.9 Å². The number of aliphatic hydroxyl groups is 1. The van der Waals surface area contributed by atoms with E-state index < -0.39 is 0 Å². The minimum absolute atomic E-state index is 0.198. The molecule has 3 N–H and O–H groups in total. The van der Waals surface area contributed by atoms with Crippen molar-refractivity contribution in [2.24, 2.45) is 5.73 Å². The van der Waals surface area contributed by atoms with Gasteiger partial charge in [-0.25, -0.2) is 0 Å². The van der Waals surface area contributed by atoms with Gasteiger partial charge in [-0.2, -0.15) is 0 Å². The highest BCUT2D eigenvalue weighted by Gasteiger charge is 2.30. The van der Waals surface area contributed by atoms with E-state index in [0.717, 1.165) is 4.47 Å². The van der Waals surface area contributed by atoms with Gasteiger partial charge in [0, 0.05) is 29.6 Å². The number of benzene rings is 1. The molecule has 0 radical (unpaired) electrons. The van der Waals surface area contributed by atoms with Gasteiger partial charge in [0.1, 0.15) is 0 Å². The second kappa shape index (κ2) is 6.66. The van der Waals surface area contributed by atoms with Gasteiger partial charge >= 0.3 is 0 Å². The number of nitrogens with zero attached hydrogens (tertiary/aromatic N) is 1. The van der Waals surface area contributed by atoms with Crippen LogP contribution in [0.4, 0.5) is 0 Å². The number of nitrogens with two attached hydrogens (primary N) is 1. The highest BCUT2D eigenvalue weighted by molar-refractivity contribution is 9.10. The average molecular weight is 313 g/mol. The van der Waals surface area contributed by atoms with Crippen molar-refractivity contribution < 1.29 is 5.11 Å². The number of rotatable bonds is 6. The fraction of sp³-hybridized carbons (Fsp3) is 0.571. The molecule has 3 nitrogen and oxygen atoms in total. The zero-order chi connectivity index (χ0) is 13.0. The van der Waals surface area contributed by atoms with E-state index in [1.165, 1.54) is 24.8 Å². The van der Waals surface area contributed by atoms with Crippen molar-refractivity contribution in [3.8, 4) is 0 Å². The summed E-state index contributed by atoms with van der Waals surface area (Å²) in [5.74, 6) is 0. The van der Waals surface area contributed by atoms with E-state index in [4.69, 9.17) is 5.73 Å². The number of hydrogen-bond acceptors (Lipinski definition) is 3. The third kappa shape index (κ3) is 3.12. The SMILES string of the molecule is NCC(c1ccc(Br)cc1)N(CCO)C1CCC1. The zero-order valence-electron chi connectivity index (χ0n) is 10.6. The first-order chi connectivity index (χ1) is 8.76. The van der Waals surface area contributed by atoms with Crippen molar-refractivity contribution in [1.29, 1.82) is 0 Å². The Bertz CT molecular complexity index is 365. The molecule has 1 atom stereocenters. The van der Waals surface area contributed by atoms with Crippen LogP contribution in [0.15, 0.2) is 28.7 Å². The molecule has 2 rings (SSSR count). The maximum atomic E-state index is 9.25. The Morgan fingerprint density at radius 1 is 1.33 bits per heavy atom. The van der Waals surface area contributed by atoms with Gasteiger partial charge in [0.05, 0.1) is 6.61 Å². The lowest BCUT2D eigenvalue weighted by Crippen LogP contribution is -2.46. The van der Waals surface area contributed by atoms with Crippen LogP contribution in [0.5, 0.6) is 0 Å². The van der Waals surface area contributed by atoms with E-state index >= 15 is 0 Å². The Labute approximate surface area is 117 Å².